The Labute approximate surface area is 180 Å². The van der Waals surface area contributed by atoms with Crippen molar-refractivity contribution in [2.45, 2.75) is 0 Å². The number of amides is 1. The third kappa shape index (κ3) is 4.31. The average molecular weight is 463 g/mol. The van der Waals surface area contributed by atoms with Gasteiger partial charge in [0.2, 0.25) is 0 Å². The van der Waals surface area contributed by atoms with Crippen LogP contribution in [0.15, 0.2) is 83.5 Å². The van der Waals surface area contributed by atoms with E-state index in [1.807, 2.05) is 30.3 Å². The Morgan fingerprint density at radius 1 is 0.933 bits per heavy atom. The SMILES string of the molecule is O=C(O)c1cc(Oc2ccc3c(C(=O)Nc4ccc(Br)cc4)cccc3c2)ccn1. The highest BCUT2D eigenvalue weighted by Gasteiger charge is 2.12. The fourth-order valence-corrected chi connectivity index (χ4v) is 3.25. The van der Waals surface area contributed by atoms with E-state index in [9.17, 15) is 9.59 Å². The van der Waals surface area contributed by atoms with Crippen LogP contribution in [-0.4, -0.2) is 22.0 Å². The van der Waals surface area contributed by atoms with Gasteiger partial charge in [-0.2, -0.15) is 0 Å². The Hall–Kier alpha value is -3.71. The first-order valence-electron chi connectivity index (χ1n) is 8.96. The van der Waals surface area contributed by atoms with Crippen molar-refractivity contribution in [2.75, 3.05) is 5.32 Å². The van der Waals surface area contributed by atoms with Gasteiger partial charge in [-0.25, -0.2) is 9.78 Å². The van der Waals surface area contributed by atoms with Crippen LogP contribution in [0.3, 0.4) is 0 Å². The molecule has 2 N–H and O–H groups in total. The van der Waals surface area contributed by atoms with Gasteiger partial charge in [-0.15, -0.1) is 0 Å². The van der Waals surface area contributed by atoms with E-state index in [1.54, 1.807) is 36.4 Å². The Kier molecular flexibility index (Phi) is 5.45. The number of nitrogens with one attached hydrogen (secondary N) is 1. The minimum Gasteiger partial charge on any atom is -0.477 e. The van der Waals surface area contributed by atoms with Crippen molar-refractivity contribution in [1.82, 2.24) is 4.98 Å². The molecule has 0 aliphatic rings. The number of carbonyl (C=O) groups excluding carboxylic acids is 1. The first kappa shape index (κ1) is 19.6. The second-order valence-corrected chi connectivity index (χ2v) is 7.35. The third-order valence-corrected chi connectivity index (χ3v) is 4.91. The number of fused-ring (bicyclic) bond motifs is 1. The molecule has 148 valence electrons. The second-order valence-electron chi connectivity index (χ2n) is 6.43. The van der Waals surface area contributed by atoms with Crippen molar-refractivity contribution in [3.63, 3.8) is 0 Å². The molecular weight excluding hydrogens is 448 g/mol. The summed E-state index contributed by atoms with van der Waals surface area (Å²) in [6.45, 7) is 0. The molecule has 0 fully saturated rings. The highest BCUT2D eigenvalue weighted by atomic mass is 79.9. The van der Waals surface area contributed by atoms with Gasteiger partial charge in [-0.3, -0.25) is 4.79 Å². The zero-order chi connectivity index (χ0) is 21.1. The summed E-state index contributed by atoms with van der Waals surface area (Å²) in [4.78, 5) is 27.6. The summed E-state index contributed by atoms with van der Waals surface area (Å²) in [5, 5.41) is 13.6. The fraction of sp³-hybridized carbons (Fsp3) is 0. The molecule has 0 atom stereocenters. The van der Waals surface area contributed by atoms with Crippen molar-refractivity contribution in [2.24, 2.45) is 0 Å². The van der Waals surface area contributed by atoms with E-state index in [-0.39, 0.29) is 11.6 Å². The highest BCUT2D eigenvalue weighted by molar-refractivity contribution is 9.10. The summed E-state index contributed by atoms with van der Waals surface area (Å²) >= 11 is 3.37. The van der Waals surface area contributed by atoms with Gasteiger partial charge >= 0.3 is 5.97 Å². The number of nitrogens with zero attached hydrogens (tertiary/aromatic N) is 1. The van der Waals surface area contributed by atoms with Crippen LogP contribution >= 0.6 is 15.9 Å². The second kappa shape index (κ2) is 8.34. The number of hydrogen-bond donors (Lipinski definition) is 2. The standard InChI is InChI=1S/C23H15BrN2O4/c24-15-4-6-16(7-5-15)26-22(27)20-3-1-2-14-12-17(8-9-19(14)20)30-18-10-11-25-21(13-18)23(28)29/h1-13H,(H,26,27)(H,28,29). The van der Waals surface area contributed by atoms with Crippen LogP contribution in [0.25, 0.3) is 10.8 Å². The molecule has 6 nitrogen and oxygen atoms in total. The monoisotopic (exact) mass is 462 g/mol. The van der Waals surface area contributed by atoms with Crippen LogP contribution in [0.4, 0.5) is 5.69 Å². The van der Waals surface area contributed by atoms with E-state index < -0.39 is 5.97 Å². The summed E-state index contributed by atoms with van der Waals surface area (Å²) in [5.74, 6) is -0.446. The van der Waals surface area contributed by atoms with E-state index >= 15 is 0 Å². The van der Waals surface area contributed by atoms with Crippen LogP contribution in [0.5, 0.6) is 11.5 Å². The summed E-state index contributed by atoms with van der Waals surface area (Å²) in [7, 11) is 0. The summed E-state index contributed by atoms with van der Waals surface area (Å²) < 4.78 is 6.71. The maximum atomic E-state index is 12.8. The van der Waals surface area contributed by atoms with Crippen LogP contribution in [-0.2, 0) is 0 Å². The molecule has 0 saturated heterocycles. The molecule has 0 radical (unpaired) electrons. The number of carboxylic acid groups (broad SMARTS) is 1. The number of anilines is 1. The van der Waals surface area contributed by atoms with Gasteiger partial charge in [0.25, 0.3) is 5.91 Å². The number of carboxylic acids is 1. The van der Waals surface area contributed by atoms with Crippen LogP contribution in [0, 0.1) is 0 Å². The van der Waals surface area contributed by atoms with Crippen LogP contribution in [0.2, 0.25) is 0 Å². The van der Waals surface area contributed by atoms with E-state index in [2.05, 4.69) is 26.2 Å². The van der Waals surface area contributed by atoms with Crippen molar-refractivity contribution in [3.05, 3.63) is 94.7 Å². The predicted octanol–water partition coefficient (Wildman–Crippen LogP) is 5.74. The first-order valence-corrected chi connectivity index (χ1v) is 9.76. The number of aromatic nitrogens is 1. The van der Waals surface area contributed by atoms with Crippen molar-refractivity contribution in [1.29, 1.82) is 0 Å². The lowest BCUT2D eigenvalue weighted by Gasteiger charge is -2.11. The topological polar surface area (TPSA) is 88.5 Å². The third-order valence-electron chi connectivity index (χ3n) is 4.38. The minimum atomic E-state index is -1.12. The largest absolute Gasteiger partial charge is 0.477 e. The molecule has 1 amide bonds. The molecule has 4 aromatic rings. The van der Waals surface area contributed by atoms with Gasteiger partial charge in [0.05, 0.1) is 0 Å². The Morgan fingerprint density at radius 3 is 2.47 bits per heavy atom. The number of hydrogen-bond acceptors (Lipinski definition) is 4. The molecule has 7 heteroatoms. The van der Waals surface area contributed by atoms with Gasteiger partial charge in [0, 0.05) is 28.0 Å². The Balaban J connectivity index is 1.60. The molecule has 0 aliphatic heterocycles. The molecular formula is C23H15BrN2O4. The number of carbonyl (C=O) groups is 2. The van der Waals surface area contributed by atoms with E-state index in [4.69, 9.17) is 9.84 Å². The molecule has 1 heterocycles. The van der Waals surface area contributed by atoms with E-state index in [0.29, 0.717) is 22.7 Å². The molecule has 0 bridgehead atoms. The van der Waals surface area contributed by atoms with Gasteiger partial charge in [0.1, 0.15) is 11.5 Å². The maximum Gasteiger partial charge on any atom is 0.354 e. The van der Waals surface area contributed by atoms with Gasteiger partial charge in [0.15, 0.2) is 5.69 Å². The molecule has 30 heavy (non-hydrogen) atoms. The molecule has 0 aliphatic carbocycles. The lowest BCUT2D eigenvalue weighted by molar-refractivity contribution is 0.0690. The van der Waals surface area contributed by atoms with Crippen LogP contribution in [0.1, 0.15) is 20.8 Å². The average Bonchev–Trinajstić information content (AvgIpc) is 2.75. The number of benzene rings is 3. The summed E-state index contributed by atoms with van der Waals surface area (Å²) in [6, 6.07) is 21.1. The number of pyridine rings is 1. The summed E-state index contributed by atoms with van der Waals surface area (Å²) in [5.41, 5.74) is 1.14. The first-order chi connectivity index (χ1) is 14.5. The lowest BCUT2D eigenvalue weighted by Crippen LogP contribution is -2.12. The Bertz CT molecular complexity index is 1260. The zero-order valence-electron chi connectivity index (χ0n) is 15.5. The van der Waals surface area contributed by atoms with Crippen LogP contribution < -0.4 is 10.1 Å². The van der Waals surface area contributed by atoms with Gasteiger partial charge in [-0.05, 0) is 65.4 Å². The van der Waals surface area contributed by atoms with Crippen molar-refractivity contribution < 1.29 is 19.4 Å². The molecule has 3 aromatic carbocycles. The highest BCUT2D eigenvalue weighted by Crippen LogP contribution is 2.28. The number of aromatic carboxylic acids is 1. The fourth-order valence-electron chi connectivity index (χ4n) is 2.98. The quantitative estimate of drug-likeness (QED) is 0.394. The zero-order valence-corrected chi connectivity index (χ0v) is 17.1. The van der Waals surface area contributed by atoms with E-state index in [0.717, 1.165) is 15.2 Å². The van der Waals surface area contributed by atoms with Gasteiger partial charge < -0.3 is 15.2 Å². The Morgan fingerprint density at radius 2 is 1.70 bits per heavy atom. The number of ether oxygens (including phenoxy) is 1. The van der Waals surface area contributed by atoms with Crippen molar-refractivity contribution >= 4 is 44.3 Å². The van der Waals surface area contributed by atoms with E-state index in [1.165, 1.54) is 12.3 Å². The molecule has 0 spiro atoms. The molecule has 1 aromatic heterocycles. The molecule has 0 saturated carbocycles. The minimum absolute atomic E-state index is 0.0970. The number of halogens is 1. The maximum absolute atomic E-state index is 12.8. The van der Waals surface area contributed by atoms with Gasteiger partial charge in [-0.1, -0.05) is 28.1 Å². The summed E-state index contributed by atoms with van der Waals surface area (Å²) in [6.07, 6.45) is 1.38. The lowest BCUT2D eigenvalue weighted by atomic mass is 10.0. The normalized spacial score (nSPS) is 10.6. The smallest absolute Gasteiger partial charge is 0.354 e. The predicted molar refractivity (Wildman–Crippen MR) is 117 cm³/mol. The number of rotatable bonds is 5. The van der Waals surface area contributed by atoms with Crippen molar-refractivity contribution in [3.8, 4) is 11.5 Å². The molecule has 4 rings (SSSR count). The molecule has 0 unspecified atom stereocenters.